The van der Waals surface area contributed by atoms with E-state index in [0.717, 1.165) is 22.2 Å². The van der Waals surface area contributed by atoms with Crippen LogP contribution in [-0.2, 0) is 9.53 Å². The van der Waals surface area contributed by atoms with E-state index in [2.05, 4.69) is 4.98 Å². The van der Waals surface area contributed by atoms with Gasteiger partial charge in [0.15, 0.2) is 6.61 Å². The molecule has 2 aromatic rings. The van der Waals surface area contributed by atoms with Gasteiger partial charge in [-0.25, -0.2) is 0 Å². The highest BCUT2D eigenvalue weighted by molar-refractivity contribution is 5.88. The van der Waals surface area contributed by atoms with E-state index < -0.39 is 0 Å². The number of carbonyl (C=O) groups excluding carboxylic acids is 1. The van der Waals surface area contributed by atoms with Crippen molar-refractivity contribution in [1.29, 1.82) is 0 Å². The summed E-state index contributed by atoms with van der Waals surface area (Å²) in [5, 5.41) is 0.945. The van der Waals surface area contributed by atoms with Crippen LogP contribution in [0.3, 0.4) is 0 Å². The normalized spacial score (nSPS) is 15.1. The van der Waals surface area contributed by atoms with Crippen LogP contribution in [0.2, 0.25) is 0 Å². The zero-order chi connectivity index (χ0) is 15.5. The van der Waals surface area contributed by atoms with Gasteiger partial charge >= 0.3 is 0 Å². The molecule has 0 unspecified atom stereocenters. The lowest BCUT2D eigenvalue weighted by Gasteiger charge is -2.26. The Hall–Kier alpha value is -2.14. The third-order valence-electron chi connectivity index (χ3n) is 3.85. The number of amides is 1. The lowest BCUT2D eigenvalue weighted by Crippen LogP contribution is -2.43. The first-order chi connectivity index (χ1) is 10.6. The maximum atomic E-state index is 12.2. The largest absolute Gasteiger partial charge is 0.483 e. The molecule has 1 saturated heterocycles. The van der Waals surface area contributed by atoms with Gasteiger partial charge in [0.1, 0.15) is 5.75 Å². The molecule has 1 amide bonds. The first-order valence-electron chi connectivity index (χ1n) is 7.50. The van der Waals surface area contributed by atoms with Crippen molar-refractivity contribution < 1.29 is 14.3 Å². The second-order valence-corrected chi connectivity index (χ2v) is 5.51. The van der Waals surface area contributed by atoms with E-state index in [1.54, 1.807) is 4.90 Å². The minimum Gasteiger partial charge on any atom is -0.483 e. The molecule has 5 heteroatoms. The Kier molecular flexibility index (Phi) is 4.24. The maximum absolute atomic E-state index is 12.2. The van der Waals surface area contributed by atoms with Crippen molar-refractivity contribution in [3.63, 3.8) is 0 Å². The van der Waals surface area contributed by atoms with Gasteiger partial charge in [0, 0.05) is 30.2 Å². The van der Waals surface area contributed by atoms with E-state index in [-0.39, 0.29) is 12.5 Å². The molecule has 1 aliphatic rings. The van der Waals surface area contributed by atoms with Gasteiger partial charge in [0.2, 0.25) is 0 Å². The van der Waals surface area contributed by atoms with Gasteiger partial charge in [-0.05, 0) is 25.5 Å². The van der Waals surface area contributed by atoms with E-state index in [0.29, 0.717) is 32.1 Å². The summed E-state index contributed by atoms with van der Waals surface area (Å²) in [6, 6.07) is 7.86. The summed E-state index contributed by atoms with van der Waals surface area (Å²) >= 11 is 0. The molecule has 1 aromatic heterocycles. The van der Waals surface area contributed by atoms with E-state index in [4.69, 9.17) is 9.47 Å². The van der Waals surface area contributed by atoms with Crippen molar-refractivity contribution in [3.05, 3.63) is 35.5 Å². The van der Waals surface area contributed by atoms with Crippen LogP contribution in [0.4, 0.5) is 0 Å². The number of aryl methyl sites for hydroxylation is 2. The second-order valence-electron chi connectivity index (χ2n) is 5.51. The zero-order valence-corrected chi connectivity index (χ0v) is 13.0. The number of rotatable bonds is 3. The maximum Gasteiger partial charge on any atom is 0.260 e. The monoisotopic (exact) mass is 300 g/mol. The quantitative estimate of drug-likeness (QED) is 0.871. The molecule has 3 rings (SSSR count). The van der Waals surface area contributed by atoms with Crippen LogP contribution in [-0.4, -0.2) is 48.7 Å². The molecule has 0 bridgehead atoms. The summed E-state index contributed by atoms with van der Waals surface area (Å²) < 4.78 is 11.1. The Morgan fingerprint density at radius 3 is 2.86 bits per heavy atom. The van der Waals surface area contributed by atoms with Crippen molar-refractivity contribution in [3.8, 4) is 5.75 Å². The molecular weight excluding hydrogens is 280 g/mol. The number of benzene rings is 1. The van der Waals surface area contributed by atoms with E-state index in [9.17, 15) is 4.79 Å². The standard InChI is InChI=1S/C17H20N2O3/c1-12-4-3-5-14-15(10-13(2)18-17(12)14)22-11-16(20)19-6-8-21-9-7-19/h3-5,10H,6-9,11H2,1-2H3. The summed E-state index contributed by atoms with van der Waals surface area (Å²) in [6.07, 6.45) is 0. The highest BCUT2D eigenvalue weighted by Crippen LogP contribution is 2.27. The number of ether oxygens (including phenoxy) is 2. The average Bonchev–Trinajstić information content (AvgIpc) is 2.54. The first kappa shape index (κ1) is 14.8. The van der Waals surface area contributed by atoms with E-state index >= 15 is 0 Å². The third-order valence-corrected chi connectivity index (χ3v) is 3.85. The molecule has 0 radical (unpaired) electrons. The number of fused-ring (bicyclic) bond motifs is 1. The van der Waals surface area contributed by atoms with Crippen molar-refractivity contribution >= 4 is 16.8 Å². The topological polar surface area (TPSA) is 51.7 Å². The molecular formula is C17H20N2O3. The zero-order valence-electron chi connectivity index (χ0n) is 13.0. The van der Waals surface area contributed by atoms with E-state index in [1.807, 2.05) is 38.1 Å². The fourth-order valence-electron chi connectivity index (χ4n) is 2.65. The highest BCUT2D eigenvalue weighted by atomic mass is 16.5. The van der Waals surface area contributed by atoms with Gasteiger partial charge in [-0.3, -0.25) is 9.78 Å². The number of hydrogen-bond donors (Lipinski definition) is 0. The number of nitrogens with zero attached hydrogens (tertiary/aromatic N) is 2. The first-order valence-corrected chi connectivity index (χ1v) is 7.50. The molecule has 5 nitrogen and oxygen atoms in total. The molecule has 22 heavy (non-hydrogen) atoms. The SMILES string of the molecule is Cc1cc(OCC(=O)N2CCOCC2)c2cccc(C)c2n1. The van der Waals surface area contributed by atoms with Gasteiger partial charge in [-0.1, -0.05) is 12.1 Å². The Bertz CT molecular complexity index is 694. The lowest BCUT2D eigenvalue weighted by molar-refractivity contribution is -0.137. The predicted octanol–water partition coefficient (Wildman–Crippen LogP) is 2.09. The van der Waals surface area contributed by atoms with Crippen LogP contribution in [0.1, 0.15) is 11.3 Å². The minimum absolute atomic E-state index is 0.00133. The predicted molar refractivity (Wildman–Crippen MR) is 84.1 cm³/mol. The minimum atomic E-state index is -0.00133. The van der Waals surface area contributed by atoms with Gasteiger partial charge in [0.25, 0.3) is 5.91 Å². The summed E-state index contributed by atoms with van der Waals surface area (Å²) in [6.45, 7) is 6.48. The lowest BCUT2D eigenvalue weighted by atomic mass is 10.1. The molecule has 0 N–H and O–H groups in total. The van der Waals surface area contributed by atoms with Crippen molar-refractivity contribution in [1.82, 2.24) is 9.88 Å². The molecule has 0 saturated carbocycles. The van der Waals surface area contributed by atoms with Crippen LogP contribution in [0.25, 0.3) is 10.9 Å². The smallest absolute Gasteiger partial charge is 0.260 e. The number of aromatic nitrogens is 1. The van der Waals surface area contributed by atoms with Gasteiger partial charge in [-0.2, -0.15) is 0 Å². The second kappa shape index (κ2) is 6.32. The number of para-hydroxylation sites is 1. The molecule has 2 heterocycles. The molecule has 0 spiro atoms. The van der Waals surface area contributed by atoms with Crippen LogP contribution < -0.4 is 4.74 Å². The fourth-order valence-corrected chi connectivity index (χ4v) is 2.65. The average molecular weight is 300 g/mol. The summed E-state index contributed by atoms with van der Waals surface area (Å²) in [5.41, 5.74) is 2.91. The molecule has 1 aromatic carbocycles. The summed E-state index contributed by atoms with van der Waals surface area (Å²) in [7, 11) is 0. The van der Waals surface area contributed by atoms with Crippen LogP contribution >= 0.6 is 0 Å². The van der Waals surface area contributed by atoms with Crippen LogP contribution in [0.5, 0.6) is 5.75 Å². The molecule has 0 atom stereocenters. The van der Waals surface area contributed by atoms with Crippen molar-refractivity contribution in [2.45, 2.75) is 13.8 Å². The van der Waals surface area contributed by atoms with Crippen LogP contribution in [0, 0.1) is 13.8 Å². The summed E-state index contributed by atoms with van der Waals surface area (Å²) in [5.74, 6) is 0.714. The molecule has 0 aliphatic carbocycles. The van der Waals surface area contributed by atoms with Crippen molar-refractivity contribution in [2.24, 2.45) is 0 Å². The van der Waals surface area contributed by atoms with Gasteiger partial charge in [0.05, 0.1) is 18.7 Å². The molecule has 1 aliphatic heterocycles. The van der Waals surface area contributed by atoms with Gasteiger partial charge in [-0.15, -0.1) is 0 Å². The Morgan fingerprint density at radius 1 is 1.32 bits per heavy atom. The number of pyridine rings is 1. The third kappa shape index (κ3) is 3.04. The molecule has 1 fully saturated rings. The Morgan fingerprint density at radius 2 is 2.09 bits per heavy atom. The molecule has 116 valence electrons. The number of carbonyl (C=O) groups is 1. The van der Waals surface area contributed by atoms with Crippen LogP contribution in [0.15, 0.2) is 24.3 Å². The van der Waals surface area contributed by atoms with Gasteiger partial charge < -0.3 is 14.4 Å². The van der Waals surface area contributed by atoms with E-state index in [1.165, 1.54) is 0 Å². The highest BCUT2D eigenvalue weighted by Gasteiger charge is 2.17. The summed E-state index contributed by atoms with van der Waals surface area (Å²) in [4.78, 5) is 18.5. The fraction of sp³-hybridized carbons (Fsp3) is 0.412. The number of hydrogen-bond acceptors (Lipinski definition) is 4. The Balaban J connectivity index is 1.79. The number of morpholine rings is 1. The van der Waals surface area contributed by atoms with Crippen molar-refractivity contribution in [2.75, 3.05) is 32.9 Å². The Labute approximate surface area is 129 Å².